The van der Waals surface area contributed by atoms with Crippen molar-refractivity contribution in [2.45, 2.75) is 6.61 Å². The summed E-state index contributed by atoms with van der Waals surface area (Å²) in [6.45, 7) is 0.0223. The van der Waals surface area contributed by atoms with Gasteiger partial charge >= 0.3 is 0 Å². The third-order valence-corrected chi connectivity index (χ3v) is 3.42. The van der Waals surface area contributed by atoms with E-state index < -0.39 is 0 Å². The van der Waals surface area contributed by atoms with Crippen molar-refractivity contribution in [2.24, 2.45) is 5.73 Å². The normalized spacial score (nSPS) is 10.2. The monoisotopic (exact) mass is 337 g/mol. The van der Waals surface area contributed by atoms with E-state index in [4.69, 9.17) is 27.8 Å². The molecular formula is C14H12BrNO2S. The van der Waals surface area contributed by atoms with Crippen molar-refractivity contribution in [1.29, 1.82) is 0 Å². The largest absolute Gasteiger partial charge is 0.457 e. The molecule has 0 aromatic heterocycles. The van der Waals surface area contributed by atoms with Crippen LogP contribution in [-0.2, 0) is 6.61 Å². The van der Waals surface area contributed by atoms with E-state index >= 15 is 0 Å². The molecule has 0 heterocycles. The van der Waals surface area contributed by atoms with Gasteiger partial charge in [0.2, 0.25) is 0 Å². The smallest absolute Gasteiger partial charge is 0.128 e. The van der Waals surface area contributed by atoms with E-state index in [1.165, 1.54) is 0 Å². The maximum Gasteiger partial charge on any atom is 0.128 e. The van der Waals surface area contributed by atoms with Gasteiger partial charge in [-0.3, -0.25) is 0 Å². The average molecular weight is 338 g/mol. The molecule has 0 saturated heterocycles. The Morgan fingerprint density at radius 1 is 1.16 bits per heavy atom. The molecule has 2 aromatic rings. The van der Waals surface area contributed by atoms with Gasteiger partial charge in [0.05, 0.1) is 6.61 Å². The number of thiocarbonyl (C=S) groups is 1. The second-order valence-corrected chi connectivity index (χ2v) is 5.20. The highest BCUT2D eigenvalue weighted by molar-refractivity contribution is 9.10. The van der Waals surface area contributed by atoms with Gasteiger partial charge < -0.3 is 15.6 Å². The van der Waals surface area contributed by atoms with E-state index in [1.807, 2.05) is 24.3 Å². The van der Waals surface area contributed by atoms with Crippen LogP contribution in [0.15, 0.2) is 46.9 Å². The third-order valence-electron chi connectivity index (χ3n) is 2.55. The number of rotatable bonds is 4. The fourth-order valence-electron chi connectivity index (χ4n) is 1.56. The SMILES string of the molecule is NC(=S)c1ccc(Oc2ccc(CO)cc2)cc1Br. The number of benzene rings is 2. The molecule has 0 fully saturated rings. The second-order valence-electron chi connectivity index (χ2n) is 3.91. The predicted octanol–water partition coefficient (Wildman–Crippen LogP) is 3.37. The molecule has 2 aromatic carbocycles. The van der Waals surface area contributed by atoms with Gasteiger partial charge in [-0.1, -0.05) is 24.4 Å². The highest BCUT2D eigenvalue weighted by Gasteiger charge is 2.05. The number of nitrogens with two attached hydrogens (primary N) is 1. The number of hydrogen-bond acceptors (Lipinski definition) is 3. The summed E-state index contributed by atoms with van der Waals surface area (Å²) in [5.41, 5.74) is 7.21. The van der Waals surface area contributed by atoms with Crippen LogP contribution in [0.25, 0.3) is 0 Å². The van der Waals surface area contributed by atoms with Crippen LogP contribution >= 0.6 is 28.1 Å². The number of hydrogen-bond donors (Lipinski definition) is 2. The maximum absolute atomic E-state index is 8.97. The molecule has 0 saturated carbocycles. The molecule has 5 heteroatoms. The first-order valence-electron chi connectivity index (χ1n) is 5.57. The Morgan fingerprint density at radius 2 is 1.79 bits per heavy atom. The molecule has 19 heavy (non-hydrogen) atoms. The highest BCUT2D eigenvalue weighted by Crippen LogP contribution is 2.27. The highest BCUT2D eigenvalue weighted by atomic mass is 79.9. The zero-order chi connectivity index (χ0) is 13.8. The Morgan fingerprint density at radius 3 is 2.32 bits per heavy atom. The summed E-state index contributed by atoms with van der Waals surface area (Å²) in [4.78, 5) is 0.339. The van der Waals surface area contributed by atoms with Crippen LogP contribution in [0.2, 0.25) is 0 Å². The molecule has 3 nitrogen and oxygen atoms in total. The lowest BCUT2D eigenvalue weighted by molar-refractivity contribution is 0.281. The van der Waals surface area contributed by atoms with Gasteiger partial charge in [-0.25, -0.2) is 0 Å². The standard InChI is InChI=1S/C14H12BrNO2S/c15-13-7-11(5-6-12(13)14(16)19)18-10-3-1-9(8-17)2-4-10/h1-7,17H,8H2,(H2,16,19). The number of ether oxygens (including phenoxy) is 1. The Labute approximate surface area is 125 Å². The molecule has 98 valence electrons. The Kier molecular flexibility index (Phi) is 4.52. The summed E-state index contributed by atoms with van der Waals surface area (Å²) >= 11 is 8.34. The van der Waals surface area contributed by atoms with Gasteiger partial charge in [0.1, 0.15) is 16.5 Å². The van der Waals surface area contributed by atoms with Crippen molar-refractivity contribution in [3.8, 4) is 11.5 Å². The lowest BCUT2D eigenvalue weighted by Gasteiger charge is -2.08. The van der Waals surface area contributed by atoms with Crippen molar-refractivity contribution >= 4 is 33.1 Å². The molecule has 0 unspecified atom stereocenters. The van der Waals surface area contributed by atoms with Crippen molar-refractivity contribution in [3.63, 3.8) is 0 Å². The van der Waals surface area contributed by atoms with Crippen molar-refractivity contribution in [1.82, 2.24) is 0 Å². The molecule has 0 amide bonds. The molecule has 2 rings (SSSR count). The zero-order valence-corrected chi connectivity index (χ0v) is 12.4. The molecule has 0 radical (unpaired) electrons. The lowest BCUT2D eigenvalue weighted by Crippen LogP contribution is -2.09. The number of halogens is 1. The van der Waals surface area contributed by atoms with E-state index in [0.717, 1.165) is 15.6 Å². The minimum Gasteiger partial charge on any atom is -0.457 e. The van der Waals surface area contributed by atoms with Gasteiger partial charge in [0.15, 0.2) is 0 Å². The Hall–Kier alpha value is -1.43. The molecule has 0 atom stereocenters. The van der Waals surface area contributed by atoms with E-state index in [0.29, 0.717) is 16.5 Å². The Bertz CT molecular complexity index is 599. The summed E-state index contributed by atoms with van der Waals surface area (Å²) in [5.74, 6) is 1.38. The average Bonchev–Trinajstić information content (AvgIpc) is 2.39. The number of aliphatic hydroxyl groups excluding tert-OH is 1. The summed E-state index contributed by atoms with van der Waals surface area (Å²) in [6.07, 6.45) is 0. The molecule has 0 aliphatic rings. The van der Waals surface area contributed by atoms with Gasteiger partial charge in [-0.05, 0) is 51.8 Å². The quantitative estimate of drug-likeness (QED) is 0.840. The predicted molar refractivity (Wildman–Crippen MR) is 82.5 cm³/mol. The molecular weight excluding hydrogens is 326 g/mol. The van der Waals surface area contributed by atoms with Crippen molar-refractivity contribution in [3.05, 3.63) is 58.1 Å². The van der Waals surface area contributed by atoms with Gasteiger partial charge in [-0.15, -0.1) is 0 Å². The minimum absolute atomic E-state index is 0.0223. The van der Waals surface area contributed by atoms with E-state index in [2.05, 4.69) is 15.9 Å². The summed E-state index contributed by atoms with van der Waals surface area (Å²) in [7, 11) is 0. The first-order valence-corrected chi connectivity index (χ1v) is 6.77. The maximum atomic E-state index is 8.97. The van der Waals surface area contributed by atoms with Gasteiger partial charge in [-0.2, -0.15) is 0 Å². The summed E-state index contributed by atoms with van der Waals surface area (Å²) in [5, 5.41) is 8.97. The van der Waals surface area contributed by atoms with Crippen LogP contribution in [0, 0.1) is 0 Å². The molecule has 3 N–H and O–H groups in total. The van der Waals surface area contributed by atoms with Crippen LogP contribution in [0.3, 0.4) is 0 Å². The molecule has 0 bridgehead atoms. The van der Waals surface area contributed by atoms with Crippen LogP contribution in [-0.4, -0.2) is 10.1 Å². The van der Waals surface area contributed by atoms with Crippen LogP contribution in [0.5, 0.6) is 11.5 Å². The molecule has 0 aliphatic carbocycles. The zero-order valence-electron chi connectivity index (χ0n) is 9.97. The van der Waals surface area contributed by atoms with Gasteiger partial charge in [0.25, 0.3) is 0 Å². The summed E-state index contributed by atoms with van der Waals surface area (Å²) < 4.78 is 6.49. The van der Waals surface area contributed by atoms with Crippen LogP contribution in [0.1, 0.15) is 11.1 Å². The second kappa shape index (κ2) is 6.14. The fraction of sp³-hybridized carbons (Fsp3) is 0.0714. The molecule has 0 aliphatic heterocycles. The minimum atomic E-state index is 0.0223. The topological polar surface area (TPSA) is 55.5 Å². The molecule has 0 spiro atoms. The fourth-order valence-corrected chi connectivity index (χ4v) is 2.44. The first-order chi connectivity index (χ1) is 9.10. The van der Waals surface area contributed by atoms with Crippen molar-refractivity contribution < 1.29 is 9.84 Å². The van der Waals surface area contributed by atoms with Gasteiger partial charge in [0, 0.05) is 10.0 Å². The third kappa shape index (κ3) is 3.53. The van der Waals surface area contributed by atoms with E-state index in [1.54, 1.807) is 18.2 Å². The Balaban J connectivity index is 2.18. The van der Waals surface area contributed by atoms with Crippen LogP contribution in [0.4, 0.5) is 0 Å². The summed E-state index contributed by atoms with van der Waals surface area (Å²) in [6, 6.07) is 12.7. The van der Waals surface area contributed by atoms with E-state index in [-0.39, 0.29) is 6.61 Å². The lowest BCUT2D eigenvalue weighted by atomic mass is 10.2. The van der Waals surface area contributed by atoms with Crippen LogP contribution < -0.4 is 10.5 Å². The van der Waals surface area contributed by atoms with Crippen molar-refractivity contribution in [2.75, 3.05) is 0 Å². The number of aliphatic hydroxyl groups is 1. The van der Waals surface area contributed by atoms with E-state index in [9.17, 15) is 0 Å². The first kappa shape index (κ1) is 14.0.